The van der Waals surface area contributed by atoms with Crippen LogP contribution in [-0.2, 0) is 25.8 Å². The highest BCUT2D eigenvalue weighted by atomic mass is 32.2. The predicted octanol–water partition coefficient (Wildman–Crippen LogP) is 1.92. The number of carbonyl (C=O) groups excluding carboxylic acids is 2. The first-order valence-corrected chi connectivity index (χ1v) is 10.8. The van der Waals surface area contributed by atoms with Crippen molar-refractivity contribution in [2.24, 2.45) is 0 Å². The number of esters is 1. The molecule has 0 N–H and O–H groups in total. The first-order chi connectivity index (χ1) is 13.3. The van der Waals surface area contributed by atoms with Crippen LogP contribution in [0.2, 0.25) is 0 Å². The second kappa shape index (κ2) is 8.14. The van der Waals surface area contributed by atoms with E-state index in [4.69, 9.17) is 9.26 Å². The van der Waals surface area contributed by atoms with Crippen LogP contribution >= 0.6 is 0 Å². The fourth-order valence-corrected chi connectivity index (χ4v) is 5.02. The van der Waals surface area contributed by atoms with E-state index in [9.17, 15) is 18.0 Å². The third kappa shape index (κ3) is 4.24. The van der Waals surface area contributed by atoms with Crippen LogP contribution in [0.4, 0.5) is 5.69 Å². The Balaban J connectivity index is 1.77. The number of para-hydroxylation sites is 1. The first-order valence-electron chi connectivity index (χ1n) is 9.02. The Morgan fingerprint density at radius 2 is 2.00 bits per heavy atom. The number of nitrogens with zero attached hydrogens (tertiary/aromatic N) is 2. The number of ether oxygens (including phenoxy) is 1. The fourth-order valence-electron chi connectivity index (χ4n) is 3.32. The number of hydrogen-bond donors (Lipinski definition) is 0. The monoisotopic (exact) mass is 406 g/mol. The van der Waals surface area contributed by atoms with E-state index < -0.39 is 34.4 Å². The molecular weight excluding hydrogens is 384 g/mol. The predicted molar refractivity (Wildman–Crippen MR) is 102 cm³/mol. The van der Waals surface area contributed by atoms with Gasteiger partial charge in [0.1, 0.15) is 11.3 Å². The number of aryl methyl sites for hydroxylation is 2. The number of carbonyl (C=O) groups is 2. The molecule has 150 valence electrons. The minimum Gasteiger partial charge on any atom is -0.452 e. The summed E-state index contributed by atoms with van der Waals surface area (Å²) in [5.41, 5.74) is 1.27. The number of hydrogen-bond acceptors (Lipinski definition) is 7. The van der Waals surface area contributed by atoms with Gasteiger partial charge in [-0.25, -0.2) is 13.2 Å². The van der Waals surface area contributed by atoms with E-state index in [2.05, 4.69) is 5.16 Å². The second-order valence-electron chi connectivity index (χ2n) is 6.65. The minimum absolute atomic E-state index is 0.0355. The van der Waals surface area contributed by atoms with E-state index in [1.807, 2.05) is 6.92 Å². The van der Waals surface area contributed by atoms with Crippen molar-refractivity contribution < 1.29 is 27.3 Å². The van der Waals surface area contributed by atoms with Gasteiger partial charge in [-0.1, -0.05) is 30.3 Å². The van der Waals surface area contributed by atoms with Crippen molar-refractivity contribution in [2.45, 2.75) is 32.7 Å². The summed E-state index contributed by atoms with van der Waals surface area (Å²) in [5, 5.41) is 3.81. The van der Waals surface area contributed by atoms with Gasteiger partial charge in [0.05, 0.1) is 23.2 Å². The molecule has 1 aliphatic heterocycles. The molecule has 1 fully saturated rings. The van der Waals surface area contributed by atoms with Gasteiger partial charge < -0.3 is 14.2 Å². The summed E-state index contributed by atoms with van der Waals surface area (Å²) >= 11 is 0. The van der Waals surface area contributed by atoms with Crippen molar-refractivity contribution in [1.29, 1.82) is 0 Å². The molecule has 1 atom stereocenters. The molecular formula is C19H22N2O6S. The third-order valence-corrected chi connectivity index (χ3v) is 6.43. The van der Waals surface area contributed by atoms with Crippen LogP contribution in [0.1, 0.15) is 35.2 Å². The average molecular weight is 406 g/mol. The van der Waals surface area contributed by atoms with E-state index in [0.29, 0.717) is 30.0 Å². The van der Waals surface area contributed by atoms with E-state index in [0.717, 1.165) is 0 Å². The number of amides is 1. The SMILES string of the molecule is CCc1noc(C)c1C(=O)OCC(=O)N(c1ccccc1)[C@H]1CCS(=O)(=O)C1. The molecule has 1 saturated heterocycles. The summed E-state index contributed by atoms with van der Waals surface area (Å²) in [6.45, 7) is 2.93. The number of rotatable bonds is 6. The topological polar surface area (TPSA) is 107 Å². The first kappa shape index (κ1) is 20.1. The van der Waals surface area contributed by atoms with Crippen LogP contribution in [0.25, 0.3) is 0 Å². The van der Waals surface area contributed by atoms with Crippen LogP contribution in [0.15, 0.2) is 34.9 Å². The molecule has 0 bridgehead atoms. The maximum atomic E-state index is 12.9. The Morgan fingerprint density at radius 1 is 1.29 bits per heavy atom. The number of aromatic nitrogens is 1. The Hall–Kier alpha value is -2.68. The van der Waals surface area contributed by atoms with E-state index in [1.165, 1.54) is 4.90 Å². The Bertz CT molecular complexity index is 968. The van der Waals surface area contributed by atoms with Crippen molar-refractivity contribution in [3.63, 3.8) is 0 Å². The highest BCUT2D eigenvalue weighted by Crippen LogP contribution is 2.25. The zero-order valence-corrected chi connectivity index (χ0v) is 16.6. The van der Waals surface area contributed by atoms with Gasteiger partial charge in [0.15, 0.2) is 16.4 Å². The molecule has 0 radical (unpaired) electrons. The summed E-state index contributed by atoms with van der Waals surface area (Å²) < 4.78 is 34.0. The van der Waals surface area contributed by atoms with Crippen molar-refractivity contribution in [3.05, 3.63) is 47.3 Å². The highest BCUT2D eigenvalue weighted by molar-refractivity contribution is 7.91. The lowest BCUT2D eigenvalue weighted by atomic mass is 10.1. The summed E-state index contributed by atoms with van der Waals surface area (Å²) in [6, 6.07) is 8.30. The van der Waals surface area contributed by atoms with Crippen molar-refractivity contribution in [3.8, 4) is 0 Å². The van der Waals surface area contributed by atoms with Gasteiger partial charge >= 0.3 is 5.97 Å². The molecule has 0 saturated carbocycles. The molecule has 2 heterocycles. The Labute approximate surface area is 163 Å². The molecule has 2 aromatic rings. The molecule has 28 heavy (non-hydrogen) atoms. The lowest BCUT2D eigenvalue weighted by Gasteiger charge is -2.28. The molecule has 1 aliphatic rings. The normalized spacial score (nSPS) is 18.0. The van der Waals surface area contributed by atoms with Crippen LogP contribution in [0.5, 0.6) is 0 Å². The molecule has 0 spiro atoms. The molecule has 0 aliphatic carbocycles. The van der Waals surface area contributed by atoms with Crippen LogP contribution in [0.3, 0.4) is 0 Å². The van der Waals surface area contributed by atoms with Gasteiger partial charge in [0.25, 0.3) is 5.91 Å². The minimum atomic E-state index is -3.19. The average Bonchev–Trinajstić information content (AvgIpc) is 3.22. The van der Waals surface area contributed by atoms with Crippen molar-refractivity contribution in [1.82, 2.24) is 5.16 Å². The van der Waals surface area contributed by atoms with Crippen LogP contribution in [0, 0.1) is 6.92 Å². The van der Waals surface area contributed by atoms with Crippen molar-refractivity contribution in [2.75, 3.05) is 23.0 Å². The van der Waals surface area contributed by atoms with Crippen LogP contribution < -0.4 is 4.90 Å². The third-order valence-electron chi connectivity index (χ3n) is 4.68. The summed E-state index contributed by atoms with van der Waals surface area (Å²) in [4.78, 5) is 26.7. The summed E-state index contributed by atoms with van der Waals surface area (Å²) in [5.74, 6) is -0.902. The van der Waals surface area contributed by atoms with Crippen LogP contribution in [-0.4, -0.2) is 49.6 Å². The van der Waals surface area contributed by atoms with Crippen molar-refractivity contribution >= 4 is 27.4 Å². The van der Waals surface area contributed by atoms with Gasteiger partial charge in [-0.15, -0.1) is 0 Å². The van der Waals surface area contributed by atoms with Gasteiger partial charge in [0, 0.05) is 5.69 Å². The molecule has 0 unspecified atom stereocenters. The Morgan fingerprint density at radius 3 is 2.61 bits per heavy atom. The summed E-state index contributed by atoms with van der Waals surface area (Å²) in [6.07, 6.45) is 0.841. The molecule has 1 aromatic carbocycles. The molecule has 1 amide bonds. The molecule has 1 aromatic heterocycles. The molecule has 3 rings (SSSR count). The quantitative estimate of drug-likeness (QED) is 0.675. The van der Waals surface area contributed by atoms with E-state index in [-0.39, 0.29) is 17.1 Å². The number of sulfone groups is 1. The van der Waals surface area contributed by atoms with Gasteiger partial charge in [0.2, 0.25) is 0 Å². The zero-order chi connectivity index (χ0) is 20.3. The van der Waals surface area contributed by atoms with Gasteiger partial charge in [-0.3, -0.25) is 4.79 Å². The second-order valence-corrected chi connectivity index (χ2v) is 8.88. The van der Waals surface area contributed by atoms with E-state index in [1.54, 1.807) is 37.3 Å². The number of benzene rings is 1. The molecule has 8 nitrogen and oxygen atoms in total. The maximum absolute atomic E-state index is 12.9. The largest absolute Gasteiger partial charge is 0.452 e. The van der Waals surface area contributed by atoms with Gasteiger partial charge in [-0.2, -0.15) is 0 Å². The maximum Gasteiger partial charge on any atom is 0.344 e. The smallest absolute Gasteiger partial charge is 0.344 e. The zero-order valence-electron chi connectivity index (χ0n) is 15.8. The van der Waals surface area contributed by atoms with Gasteiger partial charge in [-0.05, 0) is 31.9 Å². The highest BCUT2D eigenvalue weighted by Gasteiger charge is 2.36. The lowest BCUT2D eigenvalue weighted by molar-refractivity contribution is -0.122. The molecule has 9 heteroatoms. The standard InChI is InChI=1S/C19H22N2O6S/c1-3-16-18(13(2)27-20-16)19(23)26-11-17(22)21(14-7-5-4-6-8-14)15-9-10-28(24,25)12-15/h4-8,15H,3,9-12H2,1-2H3/t15-/m0/s1. The van der Waals surface area contributed by atoms with E-state index >= 15 is 0 Å². The Kier molecular flexibility index (Phi) is 5.83. The fraction of sp³-hybridized carbons (Fsp3) is 0.421. The lowest BCUT2D eigenvalue weighted by Crippen LogP contribution is -2.43. The number of anilines is 1. The summed E-state index contributed by atoms with van der Waals surface area (Å²) in [7, 11) is -3.19.